The lowest BCUT2D eigenvalue weighted by Gasteiger charge is -2.26. The van der Waals surface area contributed by atoms with Crippen molar-refractivity contribution in [3.63, 3.8) is 0 Å². The van der Waals surface area contributed by atoms with Crippen LogP contribution in [0.2, 0.25) is 0 Å². The van der Waals surface area contributed by atoms with Crippen LogP contribution in [0.3, 0.4) is 0 Å². The monoisotopic (exact) mass is 201 g/mol. The predicted molar refractivity (Wildman–Crippen MR) is 57.0 cm³/mol. The van der Waals surface area contributed by atoms with Crippen molar-refractivity contribution in [2.45, 2.75) is 25.3 Å². The summed E-state index contributed by atoms with van der Waals surface area (Å²) in [5.41, 5.74) is 0. The summed E-state index contributed by atoms with van der Waals surface area (Å²) in [5.74, 6) is 4.47. The summed E-state index contributed by atoms with van der Waals surface area (Å²) in [6.07, 6.45) is 4.01. The fraction of sp³-hybridized carbons (Fsp3) is 1.00. The Hall–Kier alpha value is 0.270. The summed E-state index contributed by atoms with van der Waals surface area (Å²) < 4.78 is 0. The molecule has 2 aliphatic heterocycles. The van der Waals surface area contributed by atoms with Crippen LogP contribution in [0, 0.1) is 11.8 Å². The van der Waals surface area contributed by atoms with Gasteiger partial charge < -0.3 is 10.4 Å². The van der Waals surface area contributed by atoms with E-state index in [4.69, 9.17) is 5.11 Å². The molecule has 0 radical (unpaired) electrons. The summed E-state index contributed by atoms with van der Waals surface area (Å²) in [4.78, 5) is 0. The highest BCUT2D eigenvalue weighted by molar-refractivity contribution is 7.99. The van der Waals surface area contributed by atoms with Crippen molar-refractivity contribution in [3.05, 3.63) is 0 Å². The molecular weight excluding hydrogens is 182 g/mol. The van der Waals surface area contributed by atoms with Crippen molar-refractivity contribution in [1.82, 2.24) is 5.32 Å². The summed E-state index contributed by atoms with van der Waals surface area (Å²) in [7, 11) is 0. The first kappa shape index (κ1) is 9.81. The van der Waals surface area contributed by atoms with E-state index >= 15 is 0 Å². The standard InChI is InChI=1S/C10H19NOS/c12-6-10-4-9(5-11-10)8-2-1-3-13-7-8/h8-12H,1-7H2. The second-order valence-corrected chi connectivity index (χ2v) is 5.41. The highest BCUT2D eigenvalue weighted by Gasteiger charge is 2.30. The molecule has 0 bridgehead atoms. The van der Waals surface area contributed by atoms with Crippen LogP contribution < -0.4 is 5.32 Å². The van der Waals surface area contributed by atoms with Gasteiger partial charge >= 0.3 is 0 Å². The van der Waals surface area contributed by atoms with Crippen LogP contribution in [-0.2, 0) is 0 Å². The van der Waals surface area contributed by atoms with Crippen LogP contribution in [0.1, 0.15) is 19.3 Å². The first-order valence-electron chi connectivity index (χ1n) is 5.32. The topological polar surface area (TPSA) is 32.3 Å². The Kier molecular flexibility index (Phi) is 3.52. The van der Waals surface area contributed by atoms with E-state index in [-0.39, 0.29) is 0 Å². The molecule has 76 valence electrons. The minimum absolute atomic E-state index is 0.316. The number of aliphatic hydroxyl groups excluding tert-OH is 1. The van der Waals surface area contributed by atoms with E-state index in [0.29, 0.717) is 12.6 Å². The molecule has 2 rings (SSSR count). The maximum absolute atomic E-state index is 9.01. The summed E-state index contributed by atoms with van der Waals surface area (Å²) >= 11 is 2.11. The van der Waals surface area contributed by atoms with Crippen LogP contribution in [0.25, 0.3) is 0 Å². The molecule has 0 spiro atoms. The fourth-order valence-electron chi connectivity index (χ4n) is 2.49. The molecule has 0 aromatic heterocycles. The van der Waals surface area contributed by atoms with E-state index < -0.39 is 0 Å². The van der Waals surface area contributed by atoms with Gasteiger partial charge in [-0.05, 0) is 49.1 Å². The maximum atomic E-state index is 9.01. The van der Waals surface area contributed by atoms with Gasteiger partial charge in [-0.25, -0.2) is 0 Å². The third-order valence-electron chi connectivity index (χ3n) is 3.34. The fourth-order valence-corrected chi connectivity index (χ4v) is 3.76. The SMILES string of the molecule is OCC1CC(C2CCCSC2)CN1. The van der Waals surface area contributed by atoms with Crippen LogP contribution in [0.15, 0.2) is 0 Å². The van der Waals surface area contributed by atoms with Crippen LogP contribution >= 0.6 is 11.8 Å². The quantitative estimate of drug-likeness (QED) is 0.702. The van der Waals surface area contributed by atoms with E-state index in [2.05, 4.69) is 17.1 Å². The van der Waals surface area contributed by atoms with Gasteiger partial charge in [0.05, 0.1) is 6.61 Å². The van der Waals surface area contributed by atoms with Gasteiger partial charge in [-0.3, -0.25) is 0 Å². The zero-order valence-electron chi connectivity index (χ0n) is 8.04. The minimum Gasteiger partial charge on any atom is -0.395 e. The number of hydrogen-bond donors (Lipinski definition) is 2. The van der Waals surface area contributed by atoms with Crippen molar-refractivity contribution >= 4 is 11.8 Å². The van der Waals surface area contributed by atoms with E-state index in [9.17, 15) is 0 Å². The Morgan fingerprint density at radius 2 is 2.31 bits per heavy atom. The van der Waals surface area contributed by atoms with Crippen LogP contribution in [0.4, 0.5) is 0 Å². The van der Waals surface area contributed by atoms with E-state index in [1.165, 1.54) is 30.8 Å². The minimum atomic E-state index is 0.316. The molecule has 0 amide bonds. The second-order valence-electron chi connectivity index (χ2n) is 4.26. The number of thioether (sulfide) groups is 1. The van der Waals surface area contributed by atoms with E-state index in [1.54, 1.807) is 0 Å². The molecule has 2 aliphatic rings. The van der Waals surface area contributed by atoms with Gasteiger partial charge in [-0.1, -0.05) is 0 Å². The van der Waals surface area contributed by atoms with Gasteiger partial charge in [-0.15, -0.1) is 0 Å². The maximum Gasteiger partial charge on any atom is 0.0584 e. The molecule has 2 nitrogen and oxygen atoms in total. The van der Waals surface area contributed by atoms with Gasteiger partial charge in [-0.2, -0.15) is 11.8 Å². The number of aliphatic hydroxyl groups is 1. The highest BCUT2D eigenvalue weighted by Crippen LogP contribution is 2.32. The average molecular weight is 201 g/mol. The van der Waals surface area contributed by atoms with Crippen molar-refractivity contribution in [3.8, 4) is 0 Å². The predicted octanol–water partition coefficient (Wildman–Crippen LogP) is 1.10. The second kappa shape index (κ2) is 4.67. The molecule has 0 saturated carbocycles. The Morgan fingerprint density at radius 1 is 1.38 bits per heavy atom. The van der Waals surface area contributed by atoms with Gasteiger partial charge in [0.25, 0.3) is 0 Å². The molecule has 13 heavy (non-hydrogen) atoms. The first-order valence-corrected chi connectivity index (χ1v) is 6.47. The molecule has 3 heteroatoms. The molecule has 2 fully saturated rings. The van der Waals surface area contributed by atoms with Gasteiger partial charge in [0.15, 0.2) is 0 Å². The number of hydrogen-bond acceptors (Lipinski definition) is 3. The van der Waals surface area contributed by atoms with E-state index in [1.807, 2.05) is 0 Å². The third-order valence-corrected chi connectivity index (χ3v) is 4.58. The molecule has 2 N–H and O–H groups in total. The lowest BCUT2D eigenvalue weighted by molar-refractivity contribution is 0.248. The molecule has 3 unspecified atom stereocenters. The van der Waals surface area contributed by atoms with Crippen LogP contribution in [-0.4, -0.2) is 35.8 Å². The van der Waals surface area contributed by atoms with Crippen molar-refractivity contribution < 1.29 is 5.11 Å². The zero-order valence-corrected chi connectivity index (χ0v) is 8.85. The largest absolute Gasteiger partial charge is 0.395 e. The Balaban J connectivity index is 1.80. The first-order chi connectivity index (χ1) is 6.40. The summed E-state index contributed by atoms with van der Waals surface area (Å²) in [5, 5.41) is 12.4. The summed E-state index contributed by atoms with van der Waals surface area (Å²) in [6.45, 7) is 1.45. The van der Waals surface area contributed by atoms with Crippen molar-refractivity contribution in [2.24, 2.45) is 11.8 Å². The Morgan fingerprint density at radius 3 is 2.92 bits per heavy atom. The normalized spacial score (nSPS) is 40.8. The van der Waals surface area contributed by atoms with E-state index in [0.717, 1.165) is 18.4 Å². The Bertz CT molecular complexity index is 159. The smallest absolute Gasteiger partial charge is 0.0584 e. The van der Waals surface area contributed by atoms with Gasteiger partial charge in [0.2, 0.25) is 0 Å². The molecule has 0 aromatic rings. The van der Waals surface area contributed by atoms with Crippen molar-refractivity contribution in [1.29, 1.82) is 0 Å². The van der Waals surface area contributed by atoms with Gasteiger partial charge in [0.1, 0.15) is 0 Å². The Labute approximate surface area is 84.5 Å². The molecule has 0 aromatic carbocycles. The van der Waals surface area contributed by atoms with Crippen molar-refractivity contribution in [2.75, 3.05) is 24.7 Å². The number of nitrogens with one attached hydrogen (secondary N) is 1. The average Bonchev–Trinajstić information content (AvgIpc) is 2.67. The highest BCUT2D eigenvalue weighted by atomic mass is 32.2. The summed E-state index contributed by atoms with van der Waals surface area (Å²) in [6, 6.07) is 0.386. The van der Waals surface area contributed by atoms with Gasteiger partial charge in [0, 0.05) is 6.04 Å². The zero-order chi connectivity index (χ0) is 9.10. The molecule has 0 aliphatic carbocycles. The third kappa shape index (κ3) is 2.39. The van der Waals surface area contributed by atoms with Crippen LogP contribution in [0.5, 0.6) is 0 Å². The lowest BCUT2D eigenvalue weighted by atomic mass is 9.88. The number of rotatable bonds is 2. The molecular formula is C10H19NOS. The molecule has 3 atom stereocenters. The molecule has 2 saturated heterocycles. The molecule has 2 heterocycles. The lowest BCUT2D eigenvalue weighted by Crippen LogP contribution is -2.25.